The number of ether oxygens (including phenoxy) is 2. The quantitative estimate of drug-likeness (QED) is 0.390. The first-order chi connectivity index (χ1) is 17.1. The van der Waals surface area contributed by atoms with Crippen LogP contribution in [0.2, 0.25) is 0 Å². The molecule has 0 aromatic carbocycles. The number of hydrogen-bond acceptors (Lipinski definition) is 7. The molecule has 4 aromatic heterocycles. The number of fused-ring (bicyclic) bond motifs is 1. The Balaban J connectivity index is 1.30. The van der Waals surface area contributed by atoms with Crippen LogP contribution in [-0.2, 0) is 16.0 Å². The van der Waals surface area contributed by atoms with Crippen LogP contribution in [0, 0.1) is 6.92 Å². The molecule has 4 aromatic rings. The Morgan fingerprint density at radius 3 is 2.83 bits per heavy atom. The van der Waals surface area contributed by atoms with Crippen LogP contribution in [0.25, 0.3) is 16.9 Å². The number of hydrogen-bond donors (Lipinski definition) is 2. The van der Waals surface area contributed by atoms with E-state index in [9.17, 15) is 0 Å². The lowest BCUT2D eigenvalue weighted by atomic mass is 10.0. The van der Waals surface area contributed by atoms with Crippen molar-refractivity contribution in [2.45, 2.75) is 45.1 Å². The van der Waals surface area contributed by atoms with E-state index in [1.54, 1.807) is 14.2 Å². The summed E-state index contributed by atoms with van der Waals surface area (Å²) >= 11 is 0. The maximum absolute atomic E-state index is 5.62. The summed E-state index contributed by atoms with van der Waals surface area (Å²) in [6.07, 6.45) is 12.2. The monoisotopic (exact) mass is 472 g/mol. The minimum atomic E-state index is 0.586. The molecule has 0 saturated heterocycles. The zero-order valence-electron chi connectivity index (χ0n) is 20.1. The van der Waals surface area contributed by atoms with Gasteiger partial charge in [0.15, 0.2) is 11.6 Å². The molecule has 0 atom stereocenters. The van der Waals surface area contributed by atoms with Crippen LogP contribution in [-0.4, -0.2) is 48.6 Å². The van der Waals surface area contributed by atoms with E-state index in [1.165, 1.54) is 18.5 Å². The van der Waals surface area contributed by atoms with Crippen molar-refractivity contribution >= 4 is 17.4 Å². The first-order valence-corrected chi connectivity index (χ1v) is 11.8. The van der Waals surface area contributed by atoms with Crippen molar-refractivity contribution in [3.8, 4) is 11.3 Å². The molecule has 0 aliphatic heterocycles. The van der Waals surface area contributed by atoms with Gasteiger partial charge in [-0.3, -0.25) is 14.2 Å². The van der Waals surface area contributed by atoms with E-state index in [2.05, 4.69) is 37.7 Å². The molecule has 0 radical (unpaired) electrons. The predicted octanol–water partition coefficient (Wildman–Crippen LogP) is 4.47. The molecule has 4 heterocycles. The second-order valence-corrected chi connectivity index (χ2v) is 9.04. The van der Waals surface area contributed by atoms with Gasteiger partial charge in [0.2, 0.25) is 5.95 Å². The van der Waals surface area contributed by atoms with Gasteiger partial charge in [-0.1, -0.05) is 6.08 Å². The number of aromatic nitrogens is 7. The standard InChI is InChI=1S/C25H28N8O2/c1-15-12-33-23(27-15)10-19(28-25(33)29-22-9-20(30-31-22)16-7-8-16)18-11-26-32(14-18)13-17-5-4-6-21(34-2)24(17)35-3/h5,9-12,14,16H,4,6-8,13H2,1-3H3,(H2,28,29,30,31). The van der Waals surface area contributed by atoms with Crippen LogP contribution >= 0.6 is 0 Å². The normalized spacial score (nSPS) is 16.0. The fourth-order valence-electron chi connectivity index (χ4n) is 4.56. The van der Waals surface area contributed by atoms with Crippen LogP contribution in [0.3, 0.4) is 0 Å². The van der Waals surface area contributed by atoms with Gasteiger partial charge in [0.25, 0.3) is 0 Å². The number of aryl methyl sites for hydroxylation is 1. The minimum Gasteiger partial charge on any atom is -0.497 e. The zero-order valence-corrected chi connectivity index (χ0v) is 20.1. The molecule has 180 valence electrons. The summed E-state index contributed by atoms with van der Waals surface area (Å²) in [7, 11) is 3.36. The highest BCUT2D eigenvalue weighted by atomic mass is 16.5. The van der Waals surface area contributed by atoms with E-state index in [0.717, 1.165) is 58.3 Å². The van der Waals surface area contributed by atoms with Gasteiger partial charge in [0, 0.05) is 53.7 Å². The highest BCUT2D eigenvalue weighted by molar-refractivity contribution is 5.66. The van der Waals surface area contributed by atoms with Crippen molar-refractivity contribution in [2.75, 3.05) is 19.5 Å². The minimum absolute atomic E-state index is 0.586. The van der Waals surface area contributed by atoms with Gasteiger partial charge in [0.1, 0.15) is 11.4 Å². The van der Waals surface area contributed by atoms with E-state index in [0.29, 0.717) is 18.4 Å². The van der Waals surface area contributed by atoms with Crippen molar-refractivity contribution in [1.82, 2.24) is 34.3 Å². The summed E-state index contributed by atoms with van der Waals surface area (Å²) in [4.78, 5) is 9.57. The summed E-state index contributed by atoms with van der Waals surface area (Å²) in [6.45, 7) is 2.56. The number of methoxy groups -OCH3 is 2. The highest BCUT2D eigenvalue weighted by Crippen LogP contribution is 2.39. The molecular weight excluding hydrogens is 444 g/mol. The molecule has 0 spiro atoms. The number of nitrogens with zero attached hydrogens (tertiary/aromatic N) is 6. The number of imidazole rings is 1. The van der Waals surface area contributed by atoms with E-state index in [4.69, 9.17) is 14.5 Å². The van der Waals surface area contributed by atoms with Gasteiger partial charge in [-0.05, 0) is 26.2 Å². The Morgan fingerprint density at radius 1 is 1.14 bits per heavy atom. The van der Waals surface area contributed by atoms with Crippen LogP contribution in [0.1, 0.15) is 43.0 Å². The number of allylic oxidation sites excluding steroid dienone is 3. The SMILES string of the molecule is COC1=C(OC)C(Cn2cc(-c3cc4nc(C)cn4c(Nc4cc(C5CC5)[nH]n4)n3)cn2)=CCC1. The van der Waals surface area contributed by atoms with Gasteiger partial charge < -0.3 is 14.8 Å². The van der Waals surface area contributed by atoms with Crippen molar-refractivity contribution in [3.05, 3.63) is 65.3 Å². The largest absolute Gasteiger partial charge is 0.497 e. The van der Waals surface area contributed by atoms with E-state index in [1.807, 2.05) is 40.7 Å². The van der Waals surface area contributed by atoms with Gasteiger partial charge >= 0.3 is 0 Å². The third-order valence-electron chi connectivity index (χ3n) is 6.45. The van der Waals surface area contributed by atoms with Gasteiger partial charge in [0.05, 0.1) is 38.3 Å². The van der Waals surface area contributed by atoms with Crippen molar-refractivity contribution in [1.29, 1.82) is 0 Å². The summed E-state index contributed by atoms with van der Waals surface area (Å²) in [5.41, 5.74) is 5.65. The average molecular weight is 473 g/mol. The second kappa shape index (κ2) is 8.61. The maximum atomic E-state index is 5.62. The highest BCUT2D eigenvalue weighted by Gasteiger charge is 2.26. The number of nitrogens with one attached hydrogen (secondary N) is 2. The summed E-state index contributed by atoms with van der Waals surface area (Å²) in [6, 6.07) is 4.04. The molecule has 2 aliphatic rings. The predicted molar refractivity (Wildman–Crippen MR) is 131 cm³/mol. The zero-order chi connectivity index (χ0) is 23.9. The number of rotatable bonds is 8. The van der Waals surface area contributed by atoms with Gasteiger partial charge in [-0.2, -0.15) is 10.2 Å². The van der Waals surface area contributed by atoms with E-state index in [-0.39, 0.29) is 0 Å². The Labute approximate surface area is 202 Å². The Morgan fingerprint density at radius 2 is 2.03 bits per heavy atom. The average Bonchev–Trinajstić information content (AvgIpc) is 3.23. The second-order valence-electron chi connectivity index (χ2n) is 9.04. The lowest BCUT2D eigenvalue weighted by Gasteiger charge is -2.19. The number of aromatic amines is 1. The smallest absolute Gasteiger partial charge is 0.215 e. The Bertz CT molecular complexity index is 1450. The maximum Gasteiger partial charge on any atom is 0.215 e. The van der Waals surface area contributed by atoms with Crippen molar-refractivity contribution in [3.63, 3.8) is 0 Å². The van der Waals surface area contributed by atoms with Crippen LogP contribution in [0.5, 0.6) is 0 Å². The van der Waals surface area contributed by atoms with Gasteiger partial charge in [-0.15, -0.1) is 0 Å². The summed E-state index contributed by atoms with van der Waals surface area (Å²) in [5.74, 6) is 3.67. The Hall–Kier alpha value is -4.08. The molecule has 0 unspecified atom stereocenters. The lowest BCUT2D eigenvalue weighted by Crippen LogP contribution is -2.11. The molecule has 1 saturated carbocycles. The first-order valence-electron chi connectivity index (χ1n) is 11.8. The first kappa shape index (κ1) is 21.5. The van der Waals surface area contributed by atoms with Crippen LogP contribution in [0.4, 0.5) is 11.8 Å². The van der Waals surface area contributed by atoms with Crippen LogP contribution in [0.15, 0.2) is 53.9 Å². The lowest BCUT2D eigenvalue weighted by molar-refractivity contribution is 0.212. The summed E-state index contributed by atoms with van der Waals surface area (Å²) < 4.78 is 15.0. The molecule has 6 rings (SSSR count). The topological polar surface area (TPSA) is 107 Å². The van der Waals surface area contributed by atoms with Gasteiger partial charge in [-0.25, -0.2) is 9.97 Å². The van der Waals surface area contributed by atoms with Crippen molar-refractivity contribution < 1.29 is 9.47 Å². The fourth-order valence-corrected chi connectivity index (χ4v) is 4.56. The third kappa shape index (κ3) is 4.16. The molecule has 10 nitrogen and oxygen atoms in total. The molecule has 10 heteroatoms. The summed E-state index contributed by atoms with van der Waals surface area (Å²) in [5, 5.41) is 15.5. The molecule has 35 heavy (non-hydrogen) atoms. The Kier molecular flexibility index (Phi) is 5.28. The number of H-pyrrole nitrogens is 1. The molecule has 2 aliphatic carbocycles. The molecule has 0 amide bonds. The molecule has 0 bridgehead atoms. The molecular formula is C25H28N8O2. The van der Waals surface area contributed by atoms with E-state index < -0.39 is 0 Å². The molecule has 1 fully saturated rings. The molecule has 2 N–H and O–H groups in total. The van der Waals surface area contributed by atoms with Crippen molar-refractivity contribution in [2.24, 2.45) is 0 Å². The van der Waals surface area contributed by atoms with E-state index >= 15 is 0 Å². The third-order valence-corrected chi connectivity index (χ3v) is 6.45. The number of anilines is 2. The fraction of sp³-hybridized carbons (Fsp3) is 0.360. The van der Waals surface area contributed by atoms with Crippen LogP contribution < -0.4 is 5.32 Å².